The number of carbonyl (C=O) groups excluding carboxylic acids is 1. The van der Waals surface area contributed by atoms with Crippen LogP contribution >= 0.6 is 27.7 Å². The summed E-state index contributed by atoms with van der Waals surface area (Å²) in [5, 5.41) is 10.8. The Morgan fingerprint density at radius 3 is 2.62 bits per heavy atom. The van der Waals surface area contributed by atoms with Crippen molar-refractivity contribution in [1.82, 2.24) is 0 Å². The molecule has 0 saturated carbocycles. The first-order valence-electron chi connectivity index (χ1n) is 6.82. The Hall–Kier alpha value is -2.06. The fourth-order valence-electron chi connectivity index (χ4n) is 1.92. The molecule has 2 aromatic rings. The van der Waals surface area contributed by atoms with Crippen molar-refractivity contribution in [2.75, 3.05) is 12.9 Å². The molecule has 126 valence electrons. The number of nitro benzene ring substituents is 1. The van der Waals surface area contributed by atoms with Crippen LogP contribution in [0.25, 0.3) is 0 Å². The van der Waals surface area contributed by atoms with Crippen LogP contribution in [0.3, 0.4) is 0 Å². The molecule has 0 bridgehead atoms. The van der Waals surface area contributed by atoms with E-state index in [1.165, 1.54) is 37.1 Å². The van der Waals surface area contributed by atoms with Crippen LogP contribution in [0.4, 0.5) is 5.69 Å². The van der Waals surface area contributed by atoms with Crippen LogP contribution in [-0.2, 0) is 4.79 Å². The van der Waals surface area contributed by atoms with E-state index in [9.17, 15) is 14.9 Å². The minimum absolute atomic E-state index is 0.0322. The number of methoxy groups -OCH3 is 1. The topological polar surface area (TPSA) is 78.7 Å². The molecular weight excluding hydrogens is 398 g/mol. The van der Waals surface area contributed by atoms with Crippen molar-refractivity contribution < 1.29 is 19.2 Å². The third-order valence-electron chi connectivity index (χ3n) is 3.06. The normalized spacial score (nSPS) is 10.3. The molecule has 0 radical (unpaired) electrons. The Morgan fingerprint density at radius 1 is 1.25 bits per heavy atom. The van der Waals surface area contributed by atoms with Gasteiger partial charge in [0.15, 0.2) is 11.5 Å². The smallest absolute Gasteiger partial charge is 0.321 e. The van der Waals surface area contributed by atoms with Crippen molar-refractivity contribution in [2.45, 2.75) is 11.8 Å². The summed E-state index contributed by atoms with van der Waals surface area (Å²) in [7, 11) is 1.40. The van der Waals surface area contributed by atoms with Crippen LogP contribution in [0.2, 0.25) is 0 Å². The van der Waals surface area contributed by atoms with Crippen molar-refractivity contribution >= 4 is 39.3 Å². The predicted octanol–water partition coefficient (Wildman–Crippen LogP) is 4.37. The fraction of sp³-hybridized carbons (Fsp3) is 0.188. The summed E-state index contributed by atoms with van der Waals surface area (Å²) in [6.45, 7) is 1.95. The van der Waals surface area contributed by atoms with Gasteiger partial charge in [-0.05, 0) is 36.8 Å². The van der Waals surface area contributed by atoms with E-state index in [4.69, 9.17) is 9.47 Å². The molecule has 0 aliphatic rings. The average molecular weight is 412 g/mol. The number of hydrogen-bond acceptors (Lipinski definition) is 6. The number of nitrogens with zero attached hydrogens (tertiary/aromatic N) is 1. The first kappa shape index (κ1) is 18.3. The van der Waals surface area contributed by atoms with Gasteiger partial charge in [0.05, 0.1) is 23.9 Å². The maximum Gasteiger partial charge on any atom is 0.321 e. The van der Waals surface area contributed by atoms with Gasteiger partial charge in [-0.1, -0.05) is 15.9 Å². The molecular formula is C16H14BrNO5S. The maximum absolute atomic E-state index is 12.0. The van der Waals surface area contributed by atoms with E-state index < -0.39 is 10.9 Å². The zero-order valence-corrected chi connectivity index (χ0v) is 15.3. The van der Waals surface area contributed by atoms with Gasteiger partial charge in [0.25, 0.3) is 5.69 Å². The molecule has 0 fully saturated rings. The van der Waals surface area contributed by atoms with Crippen molar-refractivity contribution in [2.24, 2.45) is 0 Å². The van der Waals surface area contributed by atoms with Crippen LogP contribution in [0.1, 0.15) is 5.56 Å². The largest absolute Gasteiger partial charge is 0.493 e. The van der Waals surface area contributed by atoms with Crippen molar-refractivity contribution in [3.05, 3.63) is 56.5 Å². The summed E-state index contributed by atoms with van der Waals surface area (Å²) in [5.41, 5.74) is 0.866. The van der Waals surface area contributed by atoms with Crippen molar-refractivity contribution in [3.8, 4) is 11.5 Å². The van der Waals surface area contributed by atoms with Gasteiger partial charge in [0.2, 0.25) is 0 Å². The molecule has 2 aromatic carbocycles. The number of nitro groups is 1. The summed E-state index contributed by atoms with van der Waals surface area (Å²) in [6.07, 6.45) is 0. The third kappa shape index (κ3) is 4.72. The molecule has 0 saturated heterocycles. The lowest BCUT2D eigenvalue weighted by Gasteiger charge is -2.09. The van der Waals surface area contributed by atoms with Gasteiger partial charge < -0.3 is 9.47 Å². The zero-order valence-electron chi connectivity index (χ0n) is 12.9. The summed E-state index contributed by atoms with van der Waals surface area (Å²) < 4.78 is 11.2. The maximum atomic E-state index is 12.0. The molecule has 0 atom stereocenters. The van der Waals surface area contributed by atoms with Crippen LogP contribution in [0.15, 0.2) is 45.8 Å². The number of rotatable bonds is 6. The molecule has 0 amide bonds. The van der Waals surface area contributed by atoms with Gasteiger partial charge in [-0.2, -0.15) is 0 Å². The molecule has 24 heavy (non-hydrogen) atoms. The molecule has 0 heterocycles. The second-order valence-corrected chi connectivity index (χ2v) is 6.70. The second-order valence-electron chi connectivity index (χ2n) is 4.76. The Bertz CT molecular complexity index is 781. The number of carbonyl (C=O) groups is 1. The van der Waals surface area contributed by atoms with Crippen LogP contribution in [-0.4, -0.2) is 23.8 Å². The fourth-order valence-corrected chi connectivity index (χ4v) is 3.18. The van der Waals surface area contributed by atoms with E-state index in [1.54, 1.807) is 0 Å². The molecule has 0 aromatic heterocycles. The Balaban J connectivity index is 2.06. The molecule has 6 nitrogen and oxygen atoms in total. The first-order chi connectivity index (χ1) is 11.4. The number of halogens is 1. The van der Waals surface area contributed by atoms with E-state index >= 15 is 0 Å². The predicted molar refractivity (Wildman–Crippen MR) is 94.9 cm³/mol. The highest BCUT2D eigenvalue weighted by Gasteiger charge is 2.16. The van der Waals surface area contributed by atoms with E-state index in [2.05, 4.69) is 15.9 Å². The highest BCUT2D eigenvalue weighted by atomic mass is 79.9. The van der Waals surface area contributed by atoms with Gasteiger partial charge in [0, 0.05) is 15.4 Å². The molecule has 0 aliphatic heterocycles. The summed E-state index contributed by atoms with van der Waals surface area (Å²) in [6, 6.07) is 9.61. The highest BCUT2D eigenvalue weighted by Crippen LogP contribution is 2.32. The summed E-state index contributed by atoms with van der Waals surface area (Å²) >= 11 is 4.72. The number of hydrogen-bond donors (Lipinski definition) is 0. The standard InChI is InChI=1S/C16H14BrNO5S/c1-10-7-11(17)3-6-15(10)24-9-16(19)23-14-8-12(18(20)21)4-5-13(14)22-2/h3-8H,9H2,1-2H3. The number of esters is 1. The second kappa shape index (κ2) is 8.16. The Morgan fingerprint density at radius 2 is 2.00 bits per heavy atom. The lowest BCUT2D eigenvalue weighted by Crippen LogP contribution is -2.11. The van der Waals surface area contributed by atoms with Crippen LogP contribution in [0, 0.1) is 17.0 Å². The number of benzene rings is 2. The minimum atomic E-state index is -0.559. The van der Waals surface area contributed by atoms with E-state index in [1.807, 2.05) is 25.1 Å². The lowest BCUT2D eigenvalue weighted by molar-refractivity contribution is -0.384. The molecule has 0 spiro atoms. The summed E-state index contributed by atoms with van der Waals surface area (Å²) in [4.78, 5) is 23.3. The average Bonchev–Trinajstić information content (AvgIpc) is 2.53. The number of ether oxygens (including phenoxy) is 2. The van der Waals surface area contributed by atoms with Crippen LogP contribution in [0.5, 0.6) is 11.5 Å². The Kier molecular flexibility index (Phi) is 6.22. The number of non-ortho nitro benzene ring substituents is 1. The monoisotopic (exact) mass is 411 g/mol. The molecule has 0 N–H and O–H groups in total. The van der Waals surface area contributed by atoms with E-state index in [-0.39, 0.29) is 22.9 Å². The molecule has 2 rings (SSSR count). The molecule has 0 unspecified atom stereocenters. The van der Waals surface area contributed by atoms with E-state index in [0.717, 1.165) is 14.9 Å². The zero-order chi connectivity index (χ0) is 17.7. The Labute approximate surface area is 151 Å². The number of thioether (sulfide) groups is 1. The van der Waals surface area contributed by atoms with Crippen molar-refractivity contribution in [1.29, 1.82) is 0 Å². The SMILES string of the molecule is COc1ccc([N+](=O)[O-])cc1OC(=O)CSc1ccc(Br)cc1C. The van der Waals surface area contributed by atoms with Crippen LogP contribution < -0.4 is 9.47 Å². The lowest BCUT2D eigenvalue weighted by atomic mass is 10.2. The number of aryl methyl sites for hydroxylation is 1. The van der Waals surface area contributed by atoms with Gasteiger partial charge in [-0.3, -0.25) is 14.9 Å². The van der Waals surface area contributed by atoms with Gasteiger partial charge >= 0.3 is 5.97 Å². The quantitative estimate of drug-likeness (QED) is 0.231. The van der Waals surface area contributed by atoms with Gasteiger partial charge in [-0.15, -0.1) is 11.8 Å². The van der Waals surface area contributed by atoms with E-state index in [0.29, 0.717) is 0 Å². The minimum Gasteiger partial charge on any atom is -0.493 e. The molecule has 0 aliphatic carbocycles. The first-order valence-corrected chi connectivity index (χ1v) is 8.60. The van der Waals surface area contributed by atoms with Gasteiger partial charge in [0.1, 0.15) is 0 Å². The van der Waals surface area contributed by atoms with Crippen molar-refractivity contribution in [3.63, 3.8) is 0 Å². The highest BCUT2D eigenvalue weighted by molar-refractivity contribution is 9.10. The summed E-state index contributed by atoms with van der Waals surface area (Å²) in [5.74, 6) is -0.140. The van der Waals surface area contributed by atoms with Gasteiger partial charge in [-0.25, -0.2) is 0 Å². The molecule has 8 heteroatoms. The third-order valence-corrected chi connectivity index (χ3v) is 4.71.